The van der Waals surface area contributed by atoms with E-state index in [2.05, 4.69) is 30.6 Å². The van der Waals surface area contributed by atoms with Crippen LogP contribution in [0.15, 0.2) is 0 Å². The molecule has 2 aliphatic heterocycles. The lowest BCUT2D eigenvalue weighted by atomic mass is 10.0. The predicted octanol–water partition coefficient (Wildman–Crippen LogP) is 12.8. The maximum absolute atomic E-state index is 13.1. The van der Waals surface area contributed by atoms with Crippen molar-refractivity contribution < 1.29 is 42.9 Å². The van der Waals surface area contributed by atoms with Gasteiger partial charge in [-0.3, -0.25) is 28.9 Å². The molecule has 0 radical (unpaired) electrons. The predicted molar refractivity (Wildman–Crippen MR) is 279 cm³/mol. The summed E-state index contributed by atoms with van der Waals surface area (Å²) >= 11 is 0. The molecule has 2 aliphatic rings. The average Bonchev–Trinajstić information content (AvgIpc) is 3.71. The van der Waals surface area contributed by atoms with Gasteiger partial charge in [-0.25, -0.2) is 0 Å². The third kappa shape index (κ3) is 34.3. The molecular weight excluding hydrogens is 871 g/mol. The lowest BCUT2D eigenvalue weighted by Gasteiger charge is -2.32. The molecule has 0 aliphatic carbocycles. The standard InChI is InChI=1S/C57H105N3O9/c1-5-8-11-14-17-18-19-24-32-45-66-54(62)36-30-26-31-40-60-49-52(69-56(64)39-38-53(61)59-43-41-58(4)42-44-59)47-50(60)48-57(65)67-46-33-25-20-23-29-37-55(63)68-51(34-27-21-15-12-9-6-2)35-28-22-16-13-10-7-3/h50-52H,5-49H2,1-4H3/t50-,52-/m0/s1. The summed E-state index contributed by atoms with van der Waals surface area (Å²) in [7, 11) is 2.04. The molecule has 0 unspecified atom stereocenters. The lowest BCUT2D eigenvalue weighted by Crippen LogP contribution is -2.47. The first kappa shape index (κ1) is 62.4. The molecule has 2 rings (SSSR count). The van der Waals surface area contributed by atoms with E-state index in [1.807, 2.05) is 11.9 Å². The van der Waals surface area contributed by atoms with Crippen LogP contribution < -0.4 is 0 Å². The number of hydrogen-bond donors (Lipinski definition) is 0. The highest BCUT2D eigenvalue weighted by atomic mass is 16.6. The van der Waals surface area contributed by atoms with E-state index in [4.69, 9.17) is 18.9 Å². The Labute approximate surface area is 422 Å². The van der Waals surface area contributed by atoms with Gasteiger partial charge in [0.1, 0.15) is 12.2 Å². The van der Waals surface area contributed by atoms with Crippen LogP contribution in [0.4, 0.5) is 0 Å². The number of hydrogen-bond acceptors (Lipinski definition) is 11. The lowest BCUT2D eigenvalue weighted by molar-refractivity contribution is -0.151. The molecule has 0 aromatic heterocycles. The zero-order valence-electron chi connectivity index (χ0n) is 45.1. The summed E-state index contributed by atoms with van der Waals surface area (Å²) in [6.45, 7) is 11.9. The number of amides is 1. The Bertz CT molecular complexity index is 1290. The van der Waals surface area contributed by atoms with E-state index in [0.717, 1.165) is 110 Å². The largest absolute Gasteiger partial charge is 0.466 e. The van der Waals surface area contributed by atoms with E-state index in [9.17, 15) is 24.0 Å². The highest BCUT2D eigenvalue weighted by Gasteiger charge is 2.36. The van der Waals surface area contributed by atoms with E-state index >= 15 is 0 Å². The monoisotopic (exact) mass is 976 g/mol. The van der Waals surface area contributed by atoms with Crippen LogP contribution in [0.3, 0.4) is 0 Å². The van der Waals surface area contributed by atoms with Crippen LogP contribution in [-0.2, 0) is 42.9 Å². The van der Waals surface area contributed by atoms with Crippen LogP contribution in [-0.4, -0.2) is 122 Å². The first-order valence-corrected chi connectivity index (χ1v) is 29.1. The molecule has 12 heteroatoms. The van der Waals surface area contributed by atoms with Gasteiger partial charge in [-0.15, -0.1) is 0 Å². The van der Waals surface area contributed by atoms with Gasteiger partial charge < -0.3 is 28.7 Å². The molecule has 402 valence electrons. The van der Waals surface area contributed by atoms with Crippen LogP contribution in [0.5, 0.6) is 0 Å². The third-order valence-electron chi connectivity index (χ3n) is 14.3. The fourth-order valence-electron chi connectivity index (χ4n) is 9.76. The second kappa shape index (κ2) is 42.9. The van der Waals surface area contributed by atoms with Crippen LogP contribution in [0.2, 0.25) is 0 Å². The van der Waals surface area contributed by atoms with E-state index in [-0.39, 0.29) is 67.3 Å². The van der Waals surface area contributed by atoms with Gasteiger partial charge in [-0.2, -0.15) is 0 Å². The quantitative estimate of drug-likeness (QED) is 0.0328. The maximum Gasteiger partial charge on any atom is 0.307 e. The van der Waals surface area contributed by atoms with Crippen molar-refractivity contribution in [1.82, 2.24) is 14.7 Å². The van der Waals surface area contributed by atoms with Crippen molar-refractivity contribution in [2.45, 2.75) is 277 Å². The fourth-order valence-corrected chi connectivity index (χ4v) is 9.76. The number of carbonyl (C=O) groups is 5. The molecule has 0 bridgehead atoms. The average molecular weight is 976 g/mol. The first-order valence-electron chi connectivity index (χ1n) is 29.1. The van der Waals surface area contributed by atoms with E-state index in [0.29, 0.717) is 52.1 Å². The van der Waals surface area contributed by atoms with Crippen molar-refractivity contribution in [1.29, 1.82) is 0 Å². The van der Waals surface area contributed by atoms with Crippen molar-refractivity contribution in [2.75, 3.05) is 59.5 Å². The summed E-state index contributed by atoms with van der Waals surface area (Å²) in [5.74, 6) is -0.819. The fraction of sp³-hybridized carbons (Fsp3) is 0.912. The number of nitrogens with zero attached hydrogens (tertiary/aromatic N) is 3. The minimum Gasteiger partial charge on any atom is -0.466 e. The normalized spacial score (nSPS) is 16.6. The number of likely N-dealkylation sites (N-methyl/N-ethyl adjacent to an activating group) is 1. The molecular formula is C57H105N3O9. The summed E-state index contributed by atoms with van der Waals surface area (Å²) in [6, 6.07) is -0.112. The van der Waals surface area contributed by atoms with Gasteiger partial charge in [0.05, 0.1) is 26.1 Å². The Morgan fingerprint density at radius 2 is 0.942 bits per heavy atom. The molecule has 1 amide bonds. The Kier molecular flexibility index (Phi) is 38.8. The van der Waals surface area contributed by atoms with Gasteiger partial charge in [-0.1, -0.05) is 162 Å². The molecule has 2 saturated heterocycles. The molecule has 2 fully saturated rings. The molecule has 0 N–H and O–H groups in total. The molecule has 0 aromatic carbocycles. The van der Waals surface area contributed by atoms with Crippen LogP contribution in [0, 0.1) is 0 Å². The topological polar surface area (TPSA) is 132 Å². The molecule has 2 atom stereocenters. The SMILES string of the molecule is CCCCCCCCCCCOC(=O)CCCCCN1C[C@@H](OC(=O)CCC(=O)N2CCN(C)CC2)C[C@H]1CC(=O)OCCCCCCCC(=O)OC(CCCCCCCC)CCCCCCCC. The minimum atomic E-state index is -0.375. The highest BCUT2D eigenvalue weighted by Crippen LogP contribution is 2.25. The number of ether oxygens (including phenoxy) is 4. The van der Waals surface area contributed by atoms with E-state index in [1.165, 1.54) is 109 Å². The Hall–Kier alpha value is -2.73. The Balaban J connectivity index is 1.71. The summed E-state index contributed by atoms with van der Waals surface area (Å²) in [5, 5.41) is 0. The van der Waals surface area contributed by atoms with Gasteiger partial charge >= 0.3 is 23.9 Å². The summed E-state index contributed by atoms with van der Waals surface area (Å²) in [6.07, 6.45) is 36.5. The number of likely N-dealkylation sites (tertiary alicyclic amines) is 1. The van der Waals surface area contributed by atoms with Gasteiger partial charge in [0.15, 0.2) is 0 Å². The molecule has 0 aromatic rings. The van der Waals surface area contributed by atoms with E-state index < -0.39 is 0 Å². The number of esters is 4. The van der Waals surface area contributed by atoms with Crippen molar-refractivity contribution in [3.8, 4) is 0 Å². The summed E-state index contributed by atoms with van der Waals surface area (Å²) < 4.78 is 23.1. The van der Waals surface area contributed by atoms with Gasteiger partial charge in [0.25, 0.3) is 0 Å². The van der Waals surface area contributed by atoms with Crippen LogP contribution >= 0.6 is 0 Å². The number of piperazine rings is 1. The first-order chi connectivity index (χ1) is 33.6. The third-order valence-corrected chi connectivity index (χ3v) is 14.3. The molecule has 2 heterocycles. The number of rotatable bonds is 45. The molecule has 69 heavy (non-hydrogen) atoms. The zero-order valence-corrected chi connectivity index (χ0v) is 45.1. The van der Waals surface area contributed by atoms with Gasteiger partial charge in [0, 0.05) is 64.4 Å². The highest BCUT2D eigenvalue weighted by molar-refractivity contribution is 5.81. The second-order valence-corrected chi connectivity index (χ2v) is 20.7. The molecule has 0 spiro atoms. The Morgan fingerprint density at radius 1 is 0.478 bits per heavy atom. The smallest absolute Gasteiger partial charge is 0.307 e. The van der Waals surface area contributed by atoms with Crippen molar-refractivity contribution in [3.05, 3.63) is 0 Å². The number of carbonyl (C=O) groups excluding carboxylic acids is 5. The second-order valence-electron chi connectivity index (χ2n) is 20.7. The molecule has 0 saturated carbocycles. The zero-order chi connectivity index (χ0) is 50.0. The van der Waals surface area contributed by atoms with Crippen molar-refractivity contribution >= 4 is 29.8 Å². The summed E-state index contributed by atoms with van der Waals surface area (Å²) in [4.78, 5) is 70.3. The van der Waals surface area contributed by atoms with Gasteiger partial charge in [-0.05, 0) is 71.4 Å². The van der Waals surface area contributed by atoms with Crippen molar-refractivity contribution in [2.24, 2.45) is 0 Å². The number of unbranched alkanes of at least 4 members (excludes halogenated alkanes) is 24. The van der Waals surface area contributed by atoms with Crippen molar-refractivity contribution in [3.63, 3.8) is 0 Å². The Morgan fingerprint density at radius 3 is 1.49 bits per heavy atom. The summed E-state index contributed by atoms with van der Waals surface area (Å²) in [5.41, 5.74) is 0. The van der Waals surface area contributed by atoms with Crippen LogP contribution in [0.25, 0.3) is 0 Å². The van der Waals surface area contributed by atoms with Gasteiger partial charge in [0.2, 0.25) is 5.91 Å². The minimum absolute atomic E-state index is 0.0119. The van der Waals surface area contributed by atoms with E-state index in [1.54, 1.807) is 0 Å². The van der Waals surface area contributed by atoms with Crippen LogP contribution in [0.1, 0.15) is 258 Å². The maximum atomic E-state index is 13.1. The molecule has 12 nitrogen and oxygen atoms in total.